The number of imidazole rings is 1. The van der Waals surface area contributed by atoms with E-state index >= 15 is 0 Å². The second-order valence-electron chi connectivity index (χ2n) is 17.7. The molecule has 1 radical (unpaired) electrons. The summed E-state index contributed by atoms with van der Waals surface area (Å²) in [4.78, 5) is 9.63. The fourth-order valence-corrected chi connectivity index (χ4v) is 9.23. The first-order chi connectivity index (χ1) is 30.5. The topological polar surface area (TPSA) is 53.1 Å². The van der Waals surface area contributed by atoms with Crippen LogP contribution in [-0.2, 0) is 20.1 Å². The summed E-state index contributed by atoms with van der Waals surface area (Å²) < 4.78 is 14.7. The van der Waals surface area contributed by atoms with Crippen LogP contribution in [0.3, 0.4) is 0 Å². The molecule has 64 heavy (non-hydrogen) atoms. The first-order valence-corrected chi connectivity index (χ1v) is 25.3. The molecular formula is C57H51IrN3O2Si-2. The van der Waals surface area contributed by atoms with E-state index in [1.807, 2.05) is 48.7 Å². The number of benzene rings is 7. The summed E-state index contributed by atoms with van der Waals surface area (Å²) in [5.41, 5.74) is 13.1. The number of para-hydroxylation sites is 3. The SMILES string of the molecule is CC(C)c1cc(-c2ccccc2)cc(C(C)C)c1-n1c(-c2[c-]ccc3c2oc2cc(-c4ccccc4)ccc23)nc2ccccc21.C[Si](C)(C)c1ccc(Oc2[c-]cccc2)nc1.[Ir]. The molecule has 3 heterocycles. The minimum absolute atomic E-state index is 0. The molecule has 10 aromatic rings. The van der Waals surface area contributed by atoms with Crippen molar-refractivity contribution in [2.45, 2.75) is 59.2 Å². The summed E-state index contributed by atoms with van der Waals surface area (Å²) in [6, 6.07) is 63.1. The molecule has 0 spiro atoms. The predicted molar refractivity (Wildman–Crippen MR) is 264 cm³/mol. The van der Waals surface area contributed by atoms with Crippen molar-refractivity contribution in [2.75, 3.05) is 0 Å². The van der Waals surface area contributed by atoms with Gasteiger partial charge in [0.25, 0.3) is 0 Å². The maximum absolute atomic E-state index is 6.73. The normalized spacial score (nSPS) is 11.5. The second kappa shape index (κ2) is 18.8. The van der Waals surface area contributed by atoms with Gasteiger partial charge in [-0.25, -0.2) is 4.98 Å². The maximum atomic E-state index is 6.73. The van der Waals surface area contributed by atoms with E-state index in [2.05, 4.69) is 190 Å². The van der Waals surface area contributed by atoms with Gasteiger partial charge in [-0.05, 0) is 80.7 Å². The monoisotopic (exact) mass is 1030 g/mol. The van der Waals surface area contributed by atoms with Crippen molar-refractivity contribution in [3.63, 3.8) is 0 Å². The molecule has 0 saturated carbocycles. The van der Waals surface area contributed by atoms with Gasteiger partial charge in [-0.2, -0.15) is 18.2 Å². The Balaban J connectivity index is 0.000000262. The van der Waals surface area contributed by atoms with Gasteiger partial charge in [0.05, 0.1) is 30.5 Å². The van der Waals surface area contributed by atoms with Gasteiger partial charge >= 0.3 is 0 Å². The molecule has 5 nitrogen and oxygen atoms in total. The summed E-state index contributed by atoms with van der Waals surface area (Å²) in [6.45, 7) is 16.0. The number of rotatable bonds is 9. The summed E-state index contributed by atoms with van der Waals surface area (Å²) in [6.07, 6.45) is 1.92. The molecule has 7 aromatic carbocycles. The number of nitrogens with zero attached hydrogens (tertiary/aromatic N) is 3. The Hall–Kier alpha value is -6.37. The fraction of sp³-hybridized carbons (Fsp3) is 0.158. The van der Waals surface area contributed by atoms with E-state index in [0.29, 0.717) is 11.6 Å². The Morgan fingerprint density at radius 2 is 1.27 bits per heavy atom. The van der Waals surface area contributed by atoms with E-state index < -0.39 is 8.07 Å². The van der Waals surface area contributed by atoms with Crippen molar-refractivity contribution in [2.24, 2.45) is 0 Å². The van der Waals surface area contributed by atoms with Gasteiger partial charge in [0.1, 0.15) is 5.58 Å². The summed E-state index contributed by atoms with van der Waals surface area (Å²) in [7, 11) is -1.27. The van der Waals surface area contributed by atoms with Gasteiger partial charge in [-0.3, -0.25) is 4.98 Å². The molecule has 0 saturated heterocycles. The van der Waals surface area contributed by atoms with Gasteiger partial charge in [0.15, 0.2) is 0 Å². The van der Waals surface area contributed by atoms with Gasteiger partial charge in [0.2, 0.25) is 5.88 Å². The molecule has 0 aliphatic heterocycles. The average Bonchev–Trinajstić information content (AvgIpc) is 3.88. The molecule has 10 rings (SSSR count). The van der Waals surface area contributed by atoms with Crippen LogP contribution in [-0.4, -0.2) is 22.6 Å². The van der Waals surface area contributed by atoms with Gasteiger partial charge < -0.3 is 13.7 Å². The molecule has 3 aromatic heterocycles. The van der Waals surface area contributed by atoms with E-state index in [-0.39, 0.29) is 31.9 Å². The minimum atomic E-state index is -1.27. The number of ether oxygens (including phenoxy) is 1. The Labute approximate surface area is 391 Å². The molecule has 0 fully saturated rings. The minimum Gasteiger partial charge on any atom is -0.501 e. The number of pyridine rings is 1. The third-order valence-electron chi connectivity index (χ3n) is 11.6. The van der Waals surface area contributed by atoms with Crippen molar-refractivity contribution in [3.8, 4) is 51.0 Å². The summed E-state index contributed by atoms with van der Waals surface area (Å²) in [5, 5.41) is 3.49. The van der Waals surface area contributed by atoms with Crippen LogP contribution in [0.2, 0.25) is 19.6 Å². The van der Waals surface area contributed by atoms with Crippen LogP contribution in [0.25, 0.3) is 72.3 Å². The third kappa shape index (κ3) is 9.02. The van der Waals surface area contributed by atoms with Crippen LogP contribution in [0.1, 0.15) is 50.7 Å². The van der Waals surface area contributed by atoms with Crippen molar-refractivity contribution >= 4 is 46.2 Å². The zero-order chi connectivity index (χ0) is 43.7. The molecule has 321 valence electrons. The van der Waals surface area contributed by atoms with E-state index in [0.717, 1.165) is 49.9 Å². The Morgan fingerprint density at radius 3 is 1.89 bits per heavy atom. The van der Waals surface area contributed by atoms with Gasteiger partial charge in [-0.1, -0.05) is 149 Å². The summed E-state index contributed by atoms with van der Waals surface area (Å²) in [5.74, 6) is 2.72. The largest absolute Gasteiger partial charge is 0.501 e. The predicted octanol–water partition coefficient (Wildman–Crippen LogP) is 15.2. The molecule has 0 N–H and O–H groups in total. The second-order valence-corrected chi connectivity index (χ2v) is 22.8. The van der Waals surface area contributed by atoms with Crippen LogP contribution < -0.4 is 9.92 Å². The van der Waals surface area contributed by atoms with Crippen molar-refractivity contribution in [1.29, 1.82) is 0 Å². The zero-order valence-electron chi connectivity index (χ0n) is 37.3. The van der Waals surface area contributed by atoms with E-state index in [9.17, 15) is 0 Å². The molecule has 7 heteroatoms. The fourth-order valence-electron chi connectivity index (χ4n) is 8.19. The van der Waals surface area contributed by atoms with E-state index in [4.69, 9.17) is 14.1 Å². The van der Waals surface area contributed by atoms with Gasteiger partial charge in [0, 0.05) is 49.2 Å². The molecule has 0 amide bonds. The standard InChI is InChI=1S/C43H35N2O.C14H16NOSi.Ir/c1-27(2)36-24-32(30-16-9-6-10-17-30)25-37(28(3)4)41(36)45-39-21-12-11-20-38(39)44-43(45)35-19-13-18-34-33-23-22-31(26-40(33)46-42(34)35)29-14-7-5-8-15-29;1-17(2,3)13-9-10-14(15-11-13)16-12-7-5-4-6-8-12;/h5-18,20-28H,1-4H3;4-7,9-11H,1-3H3;/q2*-1;. The molecule has 0 aliphatic rings. The first-order valence-electron chi connectivity index (χ1n) is 21.8. The Bertz CT molecular complexity index is 3140. The van der Waals surface area contributed by atoms with E-state index in [1.165, 1.54) is 38.7 Å². The van der Waals surface area contributed by atoms with Crippen molar-refractivity contribution < 1.29 is 29.3 Å². The summed E-state index contributed by atoms with van der Waals surface area (Å²) >= 11 is 0. The number of furan rings is 1. The Kier molecular flexibility index (Phi) is 13.0. The molecule has 0 atom stereocenters. The Morgan fingerprint density at radius 1 is 0.609 bits per heavy atom. The van der Waals surface area contributed by atoms with Crippen molar-refractivity contribution in [1.82, 2.24) is 14.5 Å². The number of fused-ring (bicyclic) bond motifs is 4. The number of hydrogen-bond donors (Lipinski definition) is 0. The van der Waals surface area contributed by atoms with Gasteiger partial charge in [-0.15, -0.1) is 30.3 Å². The average molecular weight is 1030 g/mol. The molecular weight excluding hydrogens is 979 g/mol. The number of hydrogen-bond acceptors (Lipinski definition) is 4. The molecule has 0 bridgehead atoms. The molecule has 0 aliphatic carbocycles. The quantitative estimate of drug-likeness (QED) is 0.107. The van der Waals surface area contributed by atoms with Crippen LogP contribution >= 0.6 is 0 Å². The first kappa shape index (κ1) is 44.2. The smallest absolute Gasteiger partial charge is 0.216 e. The number of aromatic nitrogens is 3. The molecule has 0 unspecified atom stereocenters. The van der Waals surface area contributed by atoms with Crippen LogP contribution in [0.5, 0.6) is 11.6 Å². The maximum Gasteiger partial charge on any atom is 0.216 e. The van der Waals surface area contributed by atoms with Crippen LogP contribution in [0.4, 0.5) is 0 Å². The van der Waals surface area contributed by atoms with Crippen LogP contribution in [0, 0.1) is 12.1 Å². The van der Waals surface area contributed by atoms with Crippen LogP contribution in [0.15, 0.2) is 174 Å². The third-order valence-corrected chi connectivity index (χ3v) is 13.6. The van der Waals surface area contributed by atoms with Crippen molar-refractivity contribution in [3.05, 3.63) is 193 Å². The van der Waals surface area contributed by atoms with E-state index in [1.54, 1.807) is 0 Å². The zero-order valence-corrected chi connectivity index (χ0v) is 40.7.